The van der Waals surface area contributed by atoms with Crippen molar-refractivity contribution >= 4 is 0 Å². The first-order valence-electron chi connectivity index (χ1n) is 7.10. The molecule has 0 aromatic carbocycles. The van der Waals surface area contributed by atoms with Crippen LogP contribution >= 0.6 is 0 Å². The lowest BCUT2D eigenvalue weighted by Crippen LogP contribution is -1.88. The fraction of sp³-hybridized carbons (Fsp3) is 0.429. The summed E-state index contributed by atoms with van der Waals surface area (Å²) in [5.74, 6) is 0. The van der Waals surface area contributed by atoms with Crippen molar-refractivity contribution in [3.63, 3.8) is 0 Å². The van der Waals surface area contributed by atoms with E-state index in [9.17, 15) is 0 Å². The first-order valence-corrected chi connectivity index (χ1v) is 7.10. The first-order chi connectivity index (χ1) is 9.16. The van der Waals surface area contributed by atoms with Gasteiger partial charge < -0.3 is 0 Å². The smallest absolute Gasteiger partial charge is 0.0158 e. The molecule has 0 spiro atoms. The molecule has 0 heteroatoms. The molecule has 0 aliphatic carbocycles. The molecule has 0 aliphatic rings. The van der Waals surface area contributed by atoms with Crippen LogP contribution in [0, 0.1) is 0 Å². The highest BCUT2D eigenvalue weighted by Gasteiger charge is 2.01. The van der Waals surface area contributed by atoms with Gasteiger partial charge >= 0.3 is 0 Å². The molecule has 0 saturated carbocycles. The molecular formula is C21H40. The van der Waals surface area contributed by atoms with Gasteiger partial charge in [-0.15, -0.1) is 0 Å². The minimum absolute atomic E-state index is 0. The minimum Gasteiger partial charge on any atom is -0.0990 e. The van der Waals surface area contributed by atoms with Crippen molar-refractivity contribution in [2.45, 2.75) is 62.3 Å². The van der Waals surface area contributed by atoms with Gasteiger partial charge in [0.1, 0.15) is 0 Å². The summed E-state index contributed by atoms with van der Waals surface area (Å²) in [4.78, 5) is 0. The zero-order valence-electron chi connectivity index (χ0n) is 13.6. The molecule has 0 aromatic heterocycles. The summed E-state index contributed by atoms with van der Waals surface area (Å²) in [6.45, 7) is 25.4. The zero-order valence-corrected chi connectivity index (χ0v) is 13.6. The Balaban J connectivity index is -0.000000108. The van der Waals surface area contributed by atoms with E-state index in [1.165, 1.54) is 12.0 Å². The van der Waals surface area contributed by atoms with E-state index in [0.717, 1.165) is 17.6 Å². The van der Waals surface area contributed by atoms with Crippen LogP contribution in [0.2, 0.25) is 0 Å². The molecule has 0 fully saturated rings. The molecule has 0 aromatic rings. The maximum absolute atomic E-state index is 3.80. The van der Waals surface area contributed by atoms with E-state index in [2.05, 4.69) is 47.1 Å². The highest BCUT2D eigenvalue weighted by Crippen LogP contribution is 2.20. The van der Waals surface area contributed by atoms with Gasteiger partial charge in [-0.2, -0.15) is 0 Å². The van der Waals surface area contributed by atoms with Gasteiger partial charge in [0.15, 0.2) is 0 Å². The average Bonchev–Trinajstić information content (AvgIpc) is 2.45. The van der Waals surface area contributed by atoms with E-state index < -0.39 is 0 Å². The predicted octanol–water partition coefficient (Wildman–Crippen LogP) is 8.08. The Labute approximate surface area is 136 Å². The lowest BCUT2D eigenvalue weighted by atomic mass is 9.98. The van der Waals surface area contributed by atoms with Crippen molar-refractivity contribution in [2.75, 3.05) is 0 Å². The van der Waals surface area contributed by atoms with Crippen molar-refractivity contribution in [2.24, 2.45) is 0 Å². The van der Waals surface area contributed by atoms with Crippen LogP contribution in [-0.4, -0.2) is 0 Å². The van der Waals surface area contributed by atoms with E-state index in [-0.39, 0.29) is 14.9 Å². The minimum atomic E-state index is 0. The second-order valence-corrected chi connectivity index (χ2v) is 3.47. The Kier molecular flexibility index (Phi) is 40.6. The summed E-state index contributed by atoms with van der Waals surface area (Å²) in [5, 5.41) is 0. The molecule has 21 heavy (non-hydrogen) atoms. The van der Waals surface area contributed by atoms with Gasteiger partial charge in [-0.05, 0) is 23.1 Å². The predicted molar refractivity (Wildman–Crippen MR) is 107 cm³/mol. The summed E-state index contributed by atoms with van der Waals surface area (Å²) in [5.41, 5.74) is 3.29. The molecule has 0 N–H and O–H groups in total. The summed E-state index contributed by atoms with van der Waals surface area (Å²) >= 11 is 0. The second-order valence-electron chi connectivity index (χ2n) is 3.47. The molecule has 0 heterocycles. The van der Waals surface area contributed by atoms with Crippen LogP contribution in [0.25, 0.3) is 0 Å². The average molecular weight is 293 g/mol. The number of hydrogen-bond donors (Lipinski definition) is 0. The van der Waals surface area contributed by atoms with E-state index in [4.69, 9.17) is 0 Å². The SMILES string of the molecule is C.C.C=C/C=C(C=C)/C(C=C)=C(/C=C)CC.CC.CCC. The van der Waals surface area contributed by atoms with Gasteiger partial charge in [-0.3, -0.25) is 0 Å². The van der Waals surface area contributed by atoms with Gasteiger partial charge in [0.2, 0.25) is 0 Å². The van der Waals surface area contributed by atoms with Crippen LogP contribution < -0.4 is 0 Å². The molecule has 0 amide bonds. The van der Waals surface area contributed by atoms with Crippen molar-refractivity contribution in [3.8, 4) is 0 Å². The molecule has 0 bridgehead atoms. The molecule has 0 radical (unpaired) electrons. The van der Waals surface area contributed by atoms with Crippen molar-refractivity contribution in [1.29, 1.82) is 0 Å². The fourth-order valence-corrected chi connectivity index (χ4v) is 1.27. The highest BCUT2D eigenvalue weighted by atomic mass is 14.1. The standard InChI is InChI=1S/C14H18.C3H8.C2H6.2CH4/c1-6-11-13(9-4)14(10-5)12(7-2)8-3;1-3-2;1-2;;/h6-7,9-11H,1-2,4-5,8H2,3H3;3H2,1-2H3;1-2H3;2*1H4/b13-11+,14-12-;;;;. The molecule has 0 aliphatic heterocycles. The van der Waals surface area contributed by atoms with Gasteiger partial charge in [-0.25, -0.2) is 0 Å². The van der Waals surface area contributed by atoms with Crippen molar-refractivity contribution in [3.05, 3.63) is 73.4 Å². The van der Waals surface area contributed by atoms with Gasteiger partial charge in [0, 0.05) is 0 Å². The Morgan fingerprint density at radius 3 is 1.43 bits per heavy atom. The van der Waals surface area contributed by atoms with E-state index in [0.29, 0.717) is 0 Å². The number of hydrogen-bond acceptors (Lipinski definition) is 0. The Bertz CT molecular complexity index is 311. The van der Waals surface area contributed by atoms with Crippen LogP contribution in [-0.2, 0) is 0 Å². The normalized spacial score (nSPS) is 9.67. The quantitative estimate of drug-likeness (QED) is 0.434. The molecule has 0 rings (SSSR count). The van der Waals surface area contributed by atoms with E-state index in [1.807, 2.05) is 32.1 Å². The van der Waals surface area contributed by atoms with Crippen LogP contribution in [0.1, 0.15) is 62.3 Å². The summed E-state index contributed by atoms with van der Waals surface area (Å²) in [7, 11) is 0. The number of rotatable bonds is 6. The maximum Gasteiger partial charge on any atom is -0.0158 e. The summed E-state index contributed by atoms with van der Waals surface area (Å²) < 4.78 is 0. The lowest BCUT2D eigenvalue weighted by Gasteiger charge is -2.07. The van der Waals surface area contributed by atoms with E-state index >= 15 is 0 Å². The Morgan fingerprint density at radius 1 is 0.810 bits per heavy atom. The van der Waals surface area contributed by atoms with E-state index in [1.54, 1.807) is 12.2 Å². The maximum atomic E-state index is 3.80. The van der Waals surface area contributed by atoms with Crippen LogP contribution in [0.15, 0.2) is 73.4 Å². The zero-order chi connectivity index (χ0) is 15.7. The third-order valence-corrected chi connectivity index (χ3v) is 2.01. The van der Waals surface area contributed by atoms with Crippen molar-refractivity contribution < 1.29 is 0 Å². The lowest BCUT2D eigenvalue weighted by molar-refractivity contribution is 1.09. The van der Waals surface area contributed by atoms with Gasteiger partial charge in [-0.1, -0.05) is 113 Å². The second kappa shape index (κ2) is 26.9. The molecule has 124 valence electrons. The topological polar surface area (TPSA) is 0 Å². The largest absolute Gasteiger partial charge is 0.0990 e. The van der Waals surface area contributed by atoms with Crippen molar-refractivity contribution in [1.82, 2.24) is 0 Å². The molecular weight excluding hydrogens is 252 g/mol. The highest BCUT2D eigenvalue weighted by molar-refractivity contribution is 5.51. The fourth-order valence-electron chi connectivity index (χ4n) is 1.27. The van der Waals surface area contributed by atoms with Gasteiger partial charge in [0.25, 0.3) is 0 Å². The van der Waals surface area contributed by atoms with Crippen LogP contribution in [0.4, 0.5) is 0 Å². The van der Waals surface area contributed by atoms with Gasteiger partial charge in [0.05, 0.1) is 0 Å². The molecule has 0 saturated heterocycles. The summed E-state index contributed by atoms with van der Waals surface area (Å²) in [6.07, 6.45) is 11.3. The first kappa shape index (κ1) is 31.7. The molecule has 0 unspecified atom stereocenters. The molecule has 0 atom stereocenters. The molecule has 0 nitrogen and oxygen atoms in total. The number of allylic oxidation sites excluding steroid dienone is 8. The van der Waals surface area contributed by atoms with Crippen LogP contribution in [0.3, 0.4) is 0 Å². The Hall–Kier alpha value is -1.56. The summed E-state index contributed by atoms with van der Waals surface area (Å²) in [6, 6.07) is 0. The monoisotopic (exact) mass is 292 g/mol. The van der Waals surface area contributed by atoms with Crippen LogP contribution in [0.5, 0.6) is 0 Å². The Morgan fingerprint density at radius 2 is 1.24 bits per heavy atom. The third kappa shape index (κ3) is 16.4. The third-order valence-electron chi connectivity index (χ3n) is 2.01.